The number of thioether (sulfide) groups is 1. The molecular weight excluding hydrogens is 435 g/mol. The van der Waals surface area contributed by atoms with E-state index in [1.54, 1.807) is 0 Å². The van der Waals surface area contributed by atoms with Crippen molar-refractivity contribution in [2.24, 2.45) is 4.99 Å². The van der Waals surface area contributed by atoms with Crippen LogP contribution in [0.3, 0.4) is 0 Å². The minimum atomic E-state index is 0. The summed E-state index contributed by atoms with van der Waals surface area (Å²) in [6.07, 6.45) is 1.11. The third kappa shape index (κ3) is 9.10. The molecule has 1 aliphatic heterocycles. The van der Waals surface area contributed by atoms with E-state index in [4.69, 9.17) is 4.74 Å². The average molecular weight is 464 g/mol. The van der Waals surface area contributed by atoms with Crippen LogP contribution in [0.15, 0.2) is 40.2 Å². The zero-order valence-electron chi connectivity index (χ0n) is 14.4. The van der Waals surface area contributed by atoms with Crippen LogP contribution in [-0.2, 0) is 4.74 Å². The van der Waals surface area contributed by atoms with Gasteiger partial charge >= 0.3 is 0 Å². The first-order valence-electron chi connectivity index (χ1n) is 8.31. The fraction of sp³-hybridized carbons (Fsp3) is 0.588. The Kier molecular flexibility index (Phi) is 12.3. The minimum Gasteiger partial charge on any atom is -0.379 e. The van der Waals surface area contributed by atoms with E-state index in [1.165, 1.54) is 4.90 Å². The highest BCUT2D eigenvalue weighted by molar-refractivity contribution is 14.0. The highest BCUT2D eigenvalue weighted by atomic mass is 127. The van der Waals surface area contributed by atoms with E-state index < -0.39 is 0 Å². The molecule has 24 heavy (non-hydrogen) atoms. The number of halogens is 1. The summed E-state index contributed by atoms with van der Waals surface area (Å²) in [5, 5.41) is 6.75. The van der Waals surface area contributed by atoms with Crippen LogP contribution >= 0.6 is 35.7 Å². The van der Waals surface area contributed by atoms with Gasteiger partial charge in [0.1, 0.15) is 0 Å². The van der Waals surface area contributed by atoms with Crippen molar-refractivity contribution in [2.45, 2.75) is 11.3 Å². The smallest absolute Gasteiger partial charge is 0.191 e. The first kappa shape index (κ1) is 21.5. The Morgan fingerprint density at radius 3 is 2.58 bits per heavy atom. The molecule has 0 atom stereocenters. The van der Waals surface area contributed by atoms with Crippen LogP contribution < -0.4 is 10.6 Å². The quantitative estimate of drug-likeness (QED) is 0.203. The van der Waals surface area contributed by atoms with Gasteiger partial charge in [-0.15, -0.1) is 35.7 Å². The number of morpholine rings is 1. The summed E-state index contributed by atoms with van der Waals surface area (Å²) >= 11 is 1.90. The first-order valence-corrected chi connectivity index (χ1v) is 9.29. The number of nitrogens with one attached hydrogen (secondary N) is 2. The SMILES string of the molecule is CN=C(NCCCSc1ccccc1)NCCN1CCOCC1.I. The highest BCUT2D eigenvalue weighted by Crippen LogP contribution is 2.17. The predicted octanol–water partition coefficient (Wildman–Crippen LogP) is 2.28. The molecule has 1 aromatic rings. The fourth-order valence-electron chi connectivity index (χ4n) is 2.36. The molecule has 0 spiro atoms. The number of guanidine groups is 1. The van der Waals surface area contributed by atoms with E-state index in [-0.39, 0.29) is 24.0 Å². The number of rotatable bonds is 8. The fourth-order valence-corrected chi connectivity index (χ4v) is 3.24. The summed E-state index contributed by atoms with van der Waals surface area (Å²) in [7, 11) is 1.82. The van der Waals surface area contributed by atoms with Crippen LogP contribution in [0, 0.1) is 0 Å². The van der Waals surface area contributed by atoms with E-state index in [1.807, 2.05) is 18.8 Å². The lowest BCUT2D eigenvalue weighted by molar-refractivity contribution is 0.0389. The van der Waals surface area contributed by atoms with Gasteiger partial charge in [-0.05, 0) is 24.3 Å². The molecule has 2 rings (SSSR count). The van der Waals surface area contributed by atoms with E-state index in [2.05, 4.69) is 50.9 Å². The van der Waals surface area contributed by atoms with Gasteiger partial charge in [0, 0.05) is 44.7 Å². The van der Waals surface area contributed by atoms with Crippen molar-refractivity contribution in [2.75, 3.05) is 58.7 Å². The number of ether oxygens (including phenoxy) is 1. The second-order valence-corrected chi connectivity index (χ2v) is 6.56. The molecule has 0 unspecified atom stereocenters. The summed E-state index contributed by atoms with van der Waals surface area (Å²) in [4.78, 5) is 8.02. The van der Waals surface area contributed by atoms with Crippen molar-refractivity contribution < 1.29 is 4.74 Å². The zero-order chi connectivity index (χ0) is 16.2. The molecule has 136 valence electrons. The number of benzene rings is 1. The molecule has 7 heteroatoms. The van der Waals surface area contributed by atoms with Gasteiger partial charge in [0.25, 0.3) is 0 Å². The molecule has 0 aromatic heterocycles. The number of nitrogens with zero attached hydrogens (tertiary/aromatic N) is 2. The molecule has 1 heterocycles. The summed E-state index contributed by atoms with van der Waals surface area (Å²) in [5.41, 5.74) is 0. The second kappa shape index (κ2) is 13.7. The summed E-state index contributed by atoms with van der Waals surface area (Å²) in [6.45, 7) is 6.66. The number of hydrogen-bond acceptors (Lipinski definition) is 4. The number of aliphatic imine (C=N–C) groups is 1. The van der Waals surface area contributed by atoms with Gasteiger partial charge < -0.3 is 15.4 Å². The van der Waals surface area contributed by atoms with Crippen molar-refractivity contribution in [1.82, 2.24) is 15.5 Å². The van der Waals surface area contributed by atoms with Crippen molar-refractivity contribution in [1.29, 1.82) is 0 Å². The third-order valence-electron chi connectivity index (χ3n) is 3.67. The lowest BCUT2D eigenvalue weighted by Gasteiger charge is -2.26. The van der Waals surface area contributed by atoms with Crippen molar-refractivity contribution in [3.63, 3.8) is 0 Å². The van der Waals surface area contributed by atoms with E-state index in [0.717, 1.165) is 64.1 Å². The van der Waals surface area contributed by atoms with E-state index in [9.17, 15) is 0 Å². The molecule has 0 saturated carbocycles. The maximum absolute atomic E-state index is 5.36. The lowest BCUT2D eigenvalue weighted by Crippen LogP contribution is -2.44. The van der Waals surface area contributed by atoms with Gasteiger partial charge in [0.05, 0.1) is 13.2 Å². The van der Waals surface area contributed by atoms with Gasteiger partial charge in [0.15, 0.2) is 5.96 Å². The zero-order valence-corrected chi connectivity index (χ0v) is 17.5. The largest absolute Gasteiger partial charge is 0.379 e. The standard InChI is InChI=1S/C17H28N4OS.HI/c1-18-17(20-9-10-21-11-13-22-14-12-21)19-8-5-15-23-16-6-3-2-4-7-16;/h2-4,6-7H,5,8-15H2,1H3,(H2,18,19,20);1H. The van der Waals surface area contributed by atoms with E-state index >= 15 is 0 Å². The summed E-state index contributed by atoms with van der Waals surface area (Å²) in [5.74, 6) is 2.00. The van der Waals surface area contributed by atoms with Crippen molar-refractivity contribution >= 4 is 41.7 Å². The Hall–Kier alpha value is -0.510. The Morgan fingerprint density at radius 2 is 1.88 bits per heavy atom. The Balaban J connectivity index is 0.00000288. The minimum absolute atomic E-state index is 0. The van der Waals surface area contributed by atoms with Gasteiger partial charge in [-0.1, -0.05) is 18.2 Å². The molecule has 5 nitrogen and oxygen atoms in total. The molecule has 0 amide bonds. The maximum atomic E-state index is 5.36. The first-order chi connectivity index (χ1) is 11.4. The molecule has 1 aliphatic rings. The Labute approximate surface area is 167 Å². The predicted molar refractivity (Wildman–Crippen MR) is 114 cm³/mol. The number of hydrogen-bond donors (Lipinski definition) is 2. The van der Waals surface area contributed by atoms with Gasteiger partial charge in [0.2, 0.25) is 0 Å². The van der Waals surface area contributed by atoms with Gasteiger partial charge in [-0.3, -0.25) is 9.89 Å². The summed E-state index contributed by atoms with van der Waals surface area (Å²) in [6, 6.07) is 10.5. The van der Waals surface area contributed by atoms with Gasteiger partial charge in [-0.2, -0.15) is 0 Å². The lowest BCUT2D eigenvalue weighted by atomic mass is 10.4. The molecule has 1 fully saturated rings. The highest BCUT2D eigenvalue weighted by Gasteiger charge is 2.09. The molecule has 0 aliphatic carbocycles. The van der Waals surface area contributed by atoms with Crippen LogP contribution in [0.1, 0.15) is 6.42 Å². The van der Waals surface area contributed by atoms with E-state index in [0.29, 0.717) is 0 Å². The topological polar surface area (TPSA) is 48.9 Å². The van der Waals surface area contributed by atoms with Crippen molar-refractivity contribution in [3.05, 3.63) is 30.3 Å². The van der Waals surface area contributed by atoms with Crippen LogP contribution in [-0.4, -0.2) is 69.6 Å². The molecule has 0 bridgehead atoms. The molecule has 0 radical (unpaired) electrons. The monoisotopic (exact) mass is 464 g/mol. The Morgan fingerprint density at radius 1 is 1.17 bits per heavy atom. The third-order valence-corrected chi connectivity index (χ3v) is 4.77. The maximum Gasteiger partial charge on any atom is 0.191 e. The molecule has 1 saturated heterocycles. The average Bonchev–Trinajstić information content (AvgIpc) is 2.61. The Bertz CT molecular complexity index is 455. The molecular formula is C17H29IN4OS. The van der Waals surface area contributed by atoms with Gasteiger partial charge in [-0.25, -0.2) is 0 Å². The van der Waals surface area contributed by atoms with Crippen LogP contribution in [0.5, 0.6) is 0 Å². The van der Waals surface area contributed by atoms with Crippen LogP contribution in [0.4, 0.5) is 0 Å². The second-order valence-electron chi connectivity index (χ2n) is 5.39. The summed E-state index contributed by atoms with van der Waals surface area (Å²) < 4.78 is 5.36. The van der Waals surface area contributed by atoms with Crippen LogP contribution in [0.25, 0.3) is 0 Å². The van der Waals surface area contributed by atoms with Crippen molar-refractivity contribution in [3.8, 4) is 0 Å². The normalized spacial score (nSPS) is 15.6. The molecule has 2 N–H and O–H groups in total. The molecule has 1 aromatic carbocycles. The van der Waals surface area contributed by atoms with Crippen LogP contribution in [0.2, 0.25) is 0 Å².